The number of anilines is 1. The second-order valence-electron chi connectivity index (χ2n) is 3.35. The van der Waals surface area contributed by atoms with Gasteiger partial charge < -0.3 is 10.1 Å². The van der Waals surface area contributed by atoms with E-state index in [1.54, 1.807) is 18.2 Å². The minimum atomic E-state index is -0.286. The first-order valence-corrected chi connectivity index (χ1v) is 5.24. The van der Waals surface area contributed by atoms with Crippen molar-refractivity contribution in [2.75, 3.05) is 25.5 Å². The minimum absolute atomic E-state index is 0.0765. The van der Waals surface area contributed by atoms with Gasteiger partial charge in [-0.1, -0.05) is 12.0 Å². The third-order valence-corrected chi connectivity index (χ3v) is 2.14. The van der Waals surface area contributed by atoms with Gasteiger partial charge in [0.2, 0.25) is 5.91 Å². The van der Waals surface area contributed by atoms with E-state index in [1.165, 1.54) is 7.11 Å². The minimum Gasteiger partial charge on any atom is -0.495 e. The molecule has 18 heavy (non-hydrogen) atoms. The second kappa shape index (κ2) is 6.95. The lowest BCUT2D eigenvalue weighted by atomic mass is 10.1. The Hall–Kier alpha value is -2.50. The van der Waals surface area contributed by atoms with E-state index < -0.39 is 0 Å². The summed E-state index contributed by atoms with van der Waals surface area (Å²) in [5, 5.41) is 14.3. The Morgan fingerprint density at radius 2 is 2.33 bits per heavy atom. The molecule has 5 heteroatoms. The lowest BCUT2D eigenvalue weighted by Gasteiger charge is -2.11. The van der Waals surface area contributed by atoms with Crippen LogP contribution in [0.5, 0.6) is 5.75 Å². The molecule has 0 saturated carbocycles. The molecule has 0 saturated heterocycles. The molecule has 0 fully saturated rings. The van der Waals surface area contributed by atoms with Gasteiger partial charge in [-0.25, -0.2) is 0 Å². The summed E-state index contributed by atoms with van der Waals surface area (Å²) in [5.41, 5.74) is 0.717. The maximum atomic E-state index is 11.6. The van der Waals surface area contributed by atoms with Crippen molar-refractivity contribution in [1.29, 1.82) is 5.26 Å². The van der Waals surface area contributed by atoms with Gasteiger partial charge in [-0.2, -0.15) is 5.26 Å². The standard InChI is InChI=1S/C13H13N3O2/c1-3-7-15-9-12(17)16-13-10(8-14)5-4-6-11(13)18-2/h1,4-6,15H,7,9H2,2H3,(H,16,17). The summed E-state index contributed by atoms with van der Waals surface area (Å²) in [6.45, 7) is 0.386. The van der Waals surface area contributed by atoms with Crippen molar-refractivity contribution in [3.63, 3.8) is 0 Å². The molecule has 1 aromatic carbocycles. The molecule has 0 heterocycles. The number of rotatable bonds is 5. The van der Waals surface area contributed by atoms with E-state index in [1.807, 2.05) is 6.07 Å². The highest BCUT2D eigenvalue weighted by molar-refractivity contribution is 5.95. The molecule has 0 bridgehead atoms. The molecule has 0 unspecified atom stereocenters. The SMILES string of the molecule is C#CCNCC(=O)Nc1c(C#N)cccc1OC. The number of amides is 1. The lowest BCUT2D eigenvalue weighted by Crippen LogP contribution is -2.28. The van der Waals surface area contributed by atoms with E-state index in [-0.39, 0.29) is 12.5 Å². The molecule has 0 spiro atoms. The molecule has 0 aliphatic rings. The molecule has 1 rings (SSSR count). The highest BCUT2D eigenvalue weighted by atomic mass is 16.5. The van der Waals surface area contributed by atoms with Gasteiger partial charge in [0.05, 0.1) is 25.8 Å². The Morgan fingerprint density at radius 1 is 1.56 bits per heavy atom. The molecule has 1 amide bonds. The largest absolute Gasteiger partial charge is 0.495 e. The number of carbonyl (C=O) groups excluding carboxylic acids is 1. The summed E-state index contributed by atoms with van der Waals surface area (Å²) in [6.07, 6.45) is 5.05. The Balaban J connectivity index is 2.80. The normalized spacial score (nSPS) is 9.06. The molecule has 5 nitrogen and oxygen atoms in total. The van der Waals surface area contributed by atoms with Crippen LogP contribution >= 0.6 is 0 Å². The van der Waals surface area contributed by atoms with Crippen LogP contribution in [0.15, 0.2) is 18.2 Å². The van der Waals surface area contributed by atoms with Crippen molar-refractivity contribution in [1.82, 2.24) is 5.32 Å². The van der Waals surface area contributed by atoms with Gasteiger partial charge in [0, 0.05) is 0 Å². The maximum absolute atomic E-state index is 11.6. The summed E-state index contributed by atoms with van der Waals surface area (Å²) in [5.74, 6) is 2.52. The van der Waals surface area contributed by atoms with Crippen molar-refractivity contribution in [2.45, 2.75) is 0 Å². The fourth-order valence-electron chi connectivity index (χ4n) is 1.36. The number of nitrogens with zero attached hydrogens (tertiary/aromatic N) is 1. The summed E-state index contributed by atoms with van der Waals surface area (Å²) >= 11 is 0. The van der Waals surface area contributed by atoms with Gasteiger partial charge in [-0.15, -0.1) is 6.42 Å². The zero-order chi connectivity index (χ0) is 13.4. The average Bonchev–Trinajstić information content (AvgIpc) is 2.39. The molecule has 0 aromatic heterocycles. The van der Waals surface area contributed by atoms with Crippen LogP contribution in [0.2, 0.25) is 0 Å². The predicted molar refractivity (Wildman–Crippen MR) is 68.0 cm³/mol. The number of para-hydroxylation sites is 1. The van der Waals surface area contributed by atoms with Crippen LogP contribution in [0.1, 0.15) is 5.56 Å². The third-order valence-electron chi connectivity index (χ3n) is 2.14. The molecular formula is C13H13N3O2. The highest BCUT2D eigenvalue weighted by Crippen LogP contribution is 2.27. The molecule has 1 aromatic rings. The Labute approximate surface area is 106 Å². The maximum Gasteiger partial charge on any atom is 0.238 e. The van der Waals surface area contributed by atoms with E-state index in [0.29, 0.717) is 23.5 Å². The fourth-order valence-corrected chi connectivity index (χ4v) is 1.36. The molecular weight excluding hydrogens is 230 g/mol. The van der Waals surface area contributed by atoms with Crippen molar-refractivity contribution in [3.8, 4) is 24.2 Å². The van der Waals surface area contributed by atoms with Crippen LogP contribution in [0.3, 0.4) is 0 Å². The smallest absolute Gasteiger partial charge is 0.238 e. The summed E-state index contributed by atoms with van der Waals surface area (Å²) in [4.78, 5) is 11.6. The molecule has 0 aliphatic carbocycles. The number of benzene rings is 1. The number of hydrogen-bond acceptors (Lipinski definition) is 4. The Bertz CT molecular complexity index is 512. The number of hydrogen-bond donors (Lipinski definition) is 2. The van der Waals surface area contributed by atoms with Crippen LogP contribution in [0.25, 0.3) is 0 Å². The van der Waals surface area contributed by atoms with Crippen LogP contribution in [0, 0.1) is 23.7 Å². The number of nitrogens with one attached hydrogen (secondary N) is 2. The van der Waals surface area contributed by atoms with E-state index in [9.17, 15) is 4.79 Å². The summed E-state index contributed by atoms with van der Waals surface area (Å²) in [7, 11) is 1.47. The third kappa shape index (κ3) is 3.51. The number of carbonyl (C=O) groups is 1. The van der Waals surface area contributed by atoms with Gasteiger partial charge in [0.15, 0.2) is 0 Å². The van der Waals surface area contributed by atoms with Gasteiger partial charge in [0.1, 0.15) is 17.5 Å². The molecule has 92 valence electrons. The van der Waals surface area contributed by atoms with E-state index in [2.05, 4.69) is 16.6 Å². The summed E-state index contributed by atoms with van der Waals surface area (Å²) < 4.78 is 5.10. The molecule has 0 radical (unpaired) electrons. The predicted octanol–water partition coefficient (Wildman–Crippen LogP) is 0.728. The second-order valence-corrected chi connectivity index (χ2v) is 3.35. The zero-order valence-corrected chi connectivity index (χ0v) is 9.99. The number of nitriles is 1. The highest BCUT2D eigenvalue weighted by Gasteiger charge is 2.11. The van der Waals surface area contributed by atoms with Crippen LogP contribution < -0.4 is 15.4 Å². The van der Waals surface area contributed by atoms with Crippen LogP contribution in [-0.2, 0) is 4.79 Å². The first kappa shape index (κ1) is 13.6. The van der Waals surface area contributed by atoms with Crippen molar-refractivity contribution < 1.29 is 9.53 Å². The number of methoxy groups -OCH3 is 1. The molecule has 0 atom stereocenters. The van der Waals surface area contributed by atoms with E-state index in [0.717, 1.165) is 0 Å². The van der Waals surface area contributed by atoms with Crippen LogP contribution in [-0.4, -0.2) is 26.1 Å². The van der Waals surface area contributed by atoms with E-state index in [4.69, 9.17) is 16.4 Å². The van der Waals surface area contributed by atoms with E-state index >= 15 is 0 Å². The quantitative estimate of drug-likeness (QED) is 0.590. The molecule has 0 aliphatic heterocycles. The van der Waals surface area contributed by atoms with Gasteiger partial charge >= 0.3 is 0 Å². The lowest BCUT2D eigenvalue weighted by molar-refractivity contribution is -0.115. The monoisotopic (exact) mass is 243 g/mol. The number of ether oxygens (including phenoxy) is 1. The topological polar surface area (TPSA) is 74.2 Å². The first-order valence-electron chi connectivity index (χ1n) is 5.24. The fraction of sp³-hybridized carbons (Fsp3) is 0.231. The number of terminal acetylenes is 1. The van der Waals surface area contributed by atoms with Crippen molar-refractivity contribution in [2.24, 2.45) is 0 Å². The van der Waals surface area contributed by atoms with Crippen molar-refractivity contribution in [3.05, 3.63) is 23.8 Å². The molecule has 2 N–H and O–H groups in total. The van der Waals surface area contributed by atoms with Gasteiger partial charge in [0.25, 0.3) is 0 Å². The Morgan fingerprint density at radius 3 is 2.94 bits per heavy atom. The zero-order valence-electron chi connectivity index (χ0n) is 9.99. The first-order chi connectivity index (χ1) is 8.72. The summed E-state index contributed by atoms with van der Waals surface area (Å²) in [6, 6.07) is 6.96. The van der Waals surface area contributed by atoms with Gasteiger partial charge in [-0.3, -0.25) is 10.1 Å². The van der Waals surface area contributed by atoms with Crippen molar-refractivity contribution >= 4 is 11.6 Å². The van der Waals surface area contributed by atoms with Gasteiger partial charge in [-0.05, 0) is 12.1 Å². The van der Waals surface area contributed by atoms with Crippen LogP contribution in [0.4, 0.5) is 5.69 Å². The average molecular weight is 243 g/mol. The Kier molecular flexibility index (Phi) is 5.24.